The zero-order chi connectivity index (χ0) is 36.6. The molecule has 0 bridgehead atoms. The Bertz CT molecular complexity index is 1790. The normalized spacial score (nSPS) is 29.7. The van der Waals surface area contributed by atoms with Crippen LogP contribution < -0.4 is 10.2 Å². The maximum Gasteiger partial charge on any atom is 0.303 e. The summed E-state index contributed by atoms with van der Waals surface area (Å²) in [6, 6.07) is 5.22. The number of benzene rings is 2. The van der Waals surface area contributed by atoms with Gasteiger partial charge in [-0.05, 0) is 18.2 Å². The summed E-state index contributed by atoms with van der Waals surface area (Å²) < 4.78 is 38.6. The zero-order valence-electron chi connectivity index (χ0n) is 26.2. The number of aromatic hydroxyl groups is 4. The Balaban J connectivity index is 1.55. The average molecular weight is 711 g/mol. The van der Waals surface area contributed by atoms with Crippen molar-refractivity contribution < 1.29 is 88.4 Å². The van der Waals surface area contributed by atoms with Gasteiger partial charge in [-0.2, -0.15) is 0 Å². The van der Waals surface area contributed by atoms with Gasteiger partial charge < -0.3 is 78.8 Å². The minimum absolute atomic E-state index is 0.0861. The second-order valence-electron chi connectivity index (χ2n) is 11.5. The number of aliphatic hydroxyl groups is 5. The van der Waals surface area contributed by atoms with Gasteiger partial charge in [0.1, 0.15) is 60.1 Å². The van der Waals surface area contributed by atoms with Crippen LogP contribution in [-0.4, -0.2) is 133 Å². The summed E-state index contributed by atoms with van der Waals surface area (Å²) in [6.07, 6.45) is -18.0. The molecule has 2 aromatic carbocycles. The van der Waals surface area contributed by atoms with Gasteiger partial charge in [0.25, 0.3) is 0 Å². The maximum absolute atomic E-state index is 13.0. The first-order chi connectivity index (χ1) is 23.6. The molecule has 5 rings (SSSR count). The highest BCUT2D eigenvalue weighted by molar-refractivity contribution is 5.91. The molecule has 19 heteroatoms. The van der Waals surface area contributed by atoms with Gasteiger partial charge in [-0.15, -0.1) is 0 Å². The highest BCUT2D eigenvalue weighted by atomic mass is 16.8. The molecule has 2 saturated heterocycles. The largest absolute Gasteiger partial charge is 0.507 e. The Labute approximate surface area is 280 Å². The molecule has 1 aromatic heterocycles. The lowest BCUT2D eigenvalue weighted by Gasteiger charge is -2.46. The van der Waals surface area contributed by atoms with E-state index in [1.807, 2.05) is 0 Å². The highest BCUT2D eigenvalue weighted by Gasteiger charge is 2.53. The third-order valence-corrected chi connectivity index (χ3v) is 7.93. The van der Waals surface area contributed by atoms with Crippen LogP contribution in [0, 0.1) is 0 Å². The molecule has 3 aromatic rings. The summed E-state index contributed by atoms with van der Waals surface area (Å²) in [4.78, 5) is 36.4. The number of carbonyl (C=O) groups excluding carboxylic acids is 2. The van der Waals surface area contributed by atoms with Crippen LogP contribution in [0.5, 0.6) is 28.7 Å². The van der Waals surface area contributed by atoms with E-state index >= 15 is 0 Å². The van der Waals surface area contributed by atoms with Crippen LogP contribution in [0.3, 0.4) is 0 Å². The van der Waals surface area contributed by atoms with E-state index in [0.717, 1.165) is 38.1 Å². The summed E-state index contributed by atoms with van der Waals surface area (Å²) >= 11 is 0. The molecular weight excluding hydrogens is 676 g/mol. The van der Waals surface area contributed by atoms with Crippen molar-refractivity contribution in [1.82, 2.24) is 0 Å². The van der Waals surface area contributed by atoms with Gasteiger partial charge in [0.05, 0.1) is 6.61 Å². The van der Waals surface area contributed by atoms with E-state index in [4.69, 9.17) is 32.8 Å². The second-order valence-corrected chi connectivity index (χ2v) is 11.5. The number of hydrogen-bond donors (Lipinski definition) is 9. The van der Waals surface area contributed by atoms with E-state index < -0.39 is 132 Å². The van der Waals surface area contributed by atoms with E-state index in [-0.39, 0.29) is 11.3 Å². The second kappa shape index (κ2) is 14.6. The Kier molecular flexibility index (Phi) is 10.7. The van der Waals surface area contributed by atoms with Gasteiger partial charge in [0, 0.05) is 31.5 Å². The Morgan fingerprint density at radius 3 is 2.12 bits per heavy atom. The topological polar surface area (TPSA) is 302 Å². The monoisotopic (exact) mass is 710 g/mol. The van der Waals surface area contributed by atoms with Gasteiger partial charge >= 0.3 is 11.9 Å². The number of ether oxygens (including phenoxy) is 6. The molecule has 272 valence electrons. The van der Waals surface area contributed by atoms with E-state index in [2.05, 4.69) is 0 Å². The molecule has 0 aliphatic carbocycles. The molecule has 50 heavy (non-hydrogen) atoms. The lowest BCUT2D eigenvalue weighted by Crippen LogP contribution is -2.65. The van der Waals surface area contributed by atoms with Gasteiger partial charge in [0.15, 0.2) is 46.8 Å². The molecule has 0 amide bonds. The lowest BCUT2D eigenvalue weighted by atomic mass is 9.97. The summed E-state index contributed by atoms with van der Waals surface area (Å²) in [7, 11) is 0. The van der Waals surface area contributed by atoms with Crippen molar-refractivity contribution in [2.45, 2.75) is 75.3 Å². The summed E-state index contributed by atoms with van der Waals surface area (Å²) in [5, 5.41) is 93.6. The smallest absolute Gasteiger partial charge is 0.303 e. The van der Waals surface area contributed by atoms with Crippen molar-refractivity contribution in [1.29, 1.82) is 0 Å². The third-order valence-electron chi connectivity index (χ3n) is 7.93. The molecule has 0 radical (unpaired) electrons. The number of rotatable bonds is 9. The van der Waals surface area contributed by atoms with Crippen LogP contribution in [0.4, 0.5) is 0 Å². The molecular formula is C31H34O19. The minimum atomic E-state index is -2.00. The van der Waals surface area contributed by atoms with Crippen molar-refractivity contribution >= 4 is 22.9 Å². The van der Waals surface area contributed by atoms with Crippen LogP contribution in [-0.2, 0) is 33.3 Å². The standard InChI is InChI=1S/C31H34O19/c1-10(33)44-9-20-22(39)25(42)26(43)30(49-20)50-29-28(45-11(2)34)24(41)19(8-32)48-31(29)47-18-7-16(38)21-15(37)6-17(46-27(21)23(18)40)12-3-4-13(35)14(36)5-12/h3-7,19-20,22,24-26,28-32,35-36,38-43H,8-9H2,1-2H3. The number of phenols is 4. The number of aliphatic hydroxyl groups excluding tert-OH is 5. The Morgan fingerprint density at radius 2 is 1.48 bits per heavy atom. The first kappa shape index (κ1) is 36.5. The van der Waals surface area contributed by atoms with Crippen molar-refractivity contribution in [3.8, 4) is 40.1 Å². The fraction of sp³-hybridized carbons (Fsp3) is 0.452. The van der Waals surface area contributed by atoms with E-state index in [0.29, 0.717) is 0 Å². The first-order valence-electron chi connectivity index (χ1n) is 14.9. The van der Waals surface area contributed by atoms with Crippen LogP contribution in [0.25, 0.3) is 22.3 Å². The number of carbonyl (C=O) groups is 2. The van der Waals surface area contributed by atoms with Gasteiger partial charge in [-0.25, -0.2) is 0 Å². The fourth-order valence-electron chi connectivity index (χ4n) is 5.44. The summed E-state index contributed by atoms with van der Waals surface area (Å²) in [5.74, 6) is -5.26. The van der Waals surface area contributed by atoms with Crippen molar-refractivity contribution in [3.05, 3.63) is 40.6 Å². The number of phenolic OH excluding ortho intramolecular Hbond substituents is 4. The summed E-state index contributed by atoms with van der Waals surface area (Å²) in [6.45, 7) is 0.578. The van der Waals surface area contributed by atoms with Crippen LogP contribution >= 0.6 is 0 Å². The van der Waals surface area contributed by atoms with Crippen molar-refractivity contribution in [2.24, 2.45) is 0 Å². The van der Waals surface area contributed by atoms with Crippen LogP contribution in [0.1, 0.15) is 13.8 Å². The van der Waals surface area contributed by atoms with E-state index in [9.17, 15) is 60.3 Å². The molecule has 10 atom stereocenters. The molecule has 0 saturated carbocycles. The maximum atomic E-state index is 13.0. The Hall–Kier alpha value is -4.73. The van der Waals surface area contributed by atoms with Crippen LogP contribution in [0.15, 0.2) is 39.5 Å². The predicted octanol–water partition coefficient (Wildman–Crippen LogP) is -1.57. The van der Waals surface area contributed by atoms with Crippen LogP contribution in [0.2, 0.25) is 0 Å². The first-order valence-corrected chi connectivity index (χ1v) is 14.9. The number of hydrogen-bond acceptors (Lipinski definition) is 19. The molecule has 2 fully saturated rings. The molecule has 10 unspecified atom stereocenters. The number of fused-ring (bicyclic) bond motifs is 1. The fourth-order valence-corrected chi connectivity index (χ4v) is 5.44. The van der Waals surface area contributed by atoms with Crippen molar-refractivity contribution in [3.63, 3.8) is 0 Å². The summed E-state index contributed by atoms with van der Waals surface area (Å²) in [5.41, 5.74) is -1.37. The van der Waals surface area contributed by atoms with Crippen molar-refractivity contribution in [2.75, 3.05) is 13.2 Å². The molecule has 2 aliphatic heterocycles. The van der Waals surface area contributed by atoms with Gasteiger partial charge in [-0.1, -0.05) is 0 Å². The number of esters is 2. The highest BCUT2D eigenvalue weighted by Crippen LogP contribution is 2.43. The predicted molar refractivity (Wildman–Crippen MR) is 161 cm³/mol. The molecule has 9 N–H and O–H groups in total. The molecule has 19 nitrogen and oxygen atoms in total. The minimum Gasteiger partial charge on any atom is -0.507 e. The molecule has 0 spiro atoms. The third kappa shape index (κ3) is 7.25. The SMILES string of the molecule is CC(=O)OCC1OC(OC2C(Oc3cc(O)c4c(=O)cc(-c5ccc(O)c(O)c5)oc4c3O)OC(CO)C(O)C2OC(C)=O)C(O)C(O)C1O. The van der Waals surface area contributed by atoms with Gasteiger partial charge in [0.2, 0.25) is 12.0 Å². The zero-order valence-corrected chi connectivity index (χ0v) is 26.2. The average Bonchev–Trinajstić information content (AvgIpc) is 3.06. The van der Waals surface area contributed by atoms with E-state index in [1.165, 1.54) is 6.07 Å². The van der Waals surface area contributed by atoms with Gasteiger partial charge in [-0.3, -0.25) is 14.4 Å². The lowest BCUT2D eigenvalue weighted by molar-refractivity contribution is -0.358. The molecule has 2 aliphatic rings. The molecule has 3 heterocycles. The van der Waals surface area contributed by atoms with E-state index in [1.54, 1.807) is 0 Å². The quantitative estimate of drug-likeness (QED) is 0.0688. The Morgan fingerprint density at radius 1 is 0.780 bits per heavy atom.